The van der Waals surface area contributed by atoms with Gasteiger partial charge in [-0.3, -0.25) is 0 Å². The molecular formula is C16H24FNO2. The van der Waals surface area contributed by atoms with Gasteiger partial charge in [-0.1, -0.05) is 19.1 Å². The Kier molecular flexibility index (Phi) is 5.00. The second kappa shape index (κ2) is 6.55. The van der Waals surface area contributed by atoms with Crippen LogP contribution in [0, 0.1) is 5.82 Å². The van der Waals surface area contributed by atoms with Gasteiger partial charge in [0.05, 0.1) is 18.8 Å². The average Bonchev–Trinajstić information content (AvgIpc) is 2.46. The first-order valence-corrected chi connectivity index (χ1v) is 7.32. The third kappa shape index (κ3) is 2.96. The third-order valence-electron chi connectivity index (χ3n) is 4.04. The summed E-state index contributed by atoms with van der Waals surface area (Å²) in [6.45, 7) is 5.60. The molecule has 1 aliphatic rings. The van der Waals surface area contributed by atoms with Gasteiger partial charge < -0.3 is 14.8 Å². The highest BCUT2D eigenvalue weighted by molar-refractivity contribution is 5.34. The molecule has 2 atom stereocenters. The zero-order valence-electron chi connectivity index (χ0n) is 12.5. The van der Waals surface area contributed by atoms with E-state index in [-0.39, 0.29) is 23.2 Å². The molecule has 0 aliphatic carbocycles. The van der Waals surface area contributed by atoms with Gasteiger partial charge in [0.2, 0.25) is 0 Å². The Morgan fingerprint density at radius 3 is 2.85 bits per heavy atom. The number of likely N-dealkylation sites (N-methyl/N-ethyl adjacent to an activating group) is 1. The first-order chi connectivity index (χ1) is 9.62. The van der Waals surface area contributed by atoms with Gasteiger partial charge in [-0.15, -0.1) is 0 Å². The van der Waals surface area contributed by atoms with Crippen molar-refractivity contribution >= 4 is 0 Å². The van der Waals surface area contributed by atoms with E-state index in [1.165, 1.54) is 7.11 Å². The fourth-order valence-electron chi connectivity index (χ4n) is 2.95. The van der Waals surface area contributed by atoms with Crippen LogP contribution < -0.4 is 10.1 Å². The molecule has 3 nitrogen and oxygen atoms in total. The zero-order valence-corrected chi connectivity index (χ0v) is 12.5. The van der Waals surface area contributed by atoms with Crippen LogP contribution in [-0.2, 0) is 4.74 Å². The molecule has 1 heterocycles. The summed E-state index contributed by atoms with van der Waals surface area (Å²) < 4.78 is 25.6. The molecule has 112 valence electrons. The Morgan fingerprint density at radius 1 is 1.45 bits per heavy atom. The van der Waals surface area contributed by atoms with Crippen molar-refractivity contribution in [1.29, 1.82) is 0 Å². The molecule has 0 amide bonds. The number of ether oxygens (including phenoxy) is 2. The minimum Gasteiger partial charge on any atom is -0.494 e. The van der Waals surface area contributed by atoms with E-state index in [2.05, 4.69) is 12.2 Å². The maximum absolute atomic E-state index is 14.6. The maximum atomic E-state index is 14.6. The molecule has 20 heavy (non-hydrogen) atoms. The quantitative estimate of drug-likeness (QED) is 0.896. The first kappa shape index (κ1) is 15.3. The molecule has 2 unspecified atom stereocenters. The van der Waals surface area contributed by atoms with Crippen molar-refractivity contribution in [1.82, 2.24) is 5.32 Å². The summed E-state index contributed by atoms with van der Waals surface area (Å²) in [5, 5.41) is 3.38. The lowest BCUT2D eigenvalue weighted by Gasteiger charge is -2.41. The summed E-state index contributed by atoms with van der Waals surface area (Å²) in [5.41, 5.74) is 0.247. The van der Waals surface area contributed by atoms with Gasteiger partial charge in [0.1, 0.15) is 0 Å². The molecule has 1 aromatic carbocycles. The van der Waals surface area contributed by atoms with Crippen LogP contribution >= 0.6 is 0 Å². The number of rotatable bonds is 5. The Balaban J connectivity index is 2.37. The third-order valence-corrected chi connectivity index (χ3v) is 4.04. The van der Waals surface area contributed by atoms with Gasteiger partial charge in [-0.2, -0.15) is 0 Å². The lowest BCUT2D eigenvalue weighted by molar-refractivity contribution is -0.0901. The molecule has 1 fully saturated rings. The minimum absolute atomic E-state index is 0.164. The molecule has 1 saturated heterocycles. The normalized spacial score (nSPS) is 24.4. The van der Waals surface area contributed by atoms with Crippen LogP contribution in [0.4, 0.5) is 4.39 Å². The number of hydrogen-bond donors (Lipinski definition) is 1. The van der Waals surface area contributed by atoms with Crippen LogP contribution in [0.3, 0.4) is 0 Å². The van der Waals surface area contributed by atoms with E-state index < -0.39 is 0 Å². The average molecular weight is 281 g/mol. The molecular weight excluding hydrogens is 257 g/mol. The Bertz CT molecular complexity index is 444. The molecule has 0 aromatic heterocycles. The molecule has 0 radical (unpaired) electrons. The molecule has 0 bridgehead atoms. The zero-order chi connectivity index (χ0) is 14.6. The molecule has 1 aromatic rings. The monoisotopic (exact) mass is 281 g/mol. The van der Waals surface area contributed by atoms with Crippen molar-refractivity contribution in [2.75, 3.05) is 20.3 Å². The Morgan fingerprint density at radius 2 is 2.25 bits per heavy atom. The number of benzene rings is 1. The standard InChI is InChI=1S/C16H24FNO2/c1-4-18-15(16(2)10-5-6-11-20-16)12-8-7-9-13(19-3)14(12)17/h7-9,15,18H,4-6,10-11H2,1-3H3. The second-order valence-electron chi connectivity index (χ2n) is 5.47. The van der Waals surface area contributed by atoms with Crippen LogP contribution in [0.5, 0.6) is 5.75 Å². The minimum atomic E-state index is -0.374. The summed E-state index contributed by atoms with van der Waals surface area (Å²) in [6, 6.07) is 5.12. The van der Waals surface area contributed by atoms with Crippen molar-refractivity contribution in [3.63, 3.8) is 0 Å². The van der Waals surface area contributed by atoms with E-state index in [1.54, 1.807) is 6.07 Å². The van der Waals surface area contributed by atoms with Gasteiger partial charge in [0.15, 0.2) is 11.6 Å². The highest BCUT2D eigenvalue weighted by Crippen LogP contribution is 2.38. The summed E-state index contributed by atoms with van der Waals surface area (Å²) in [7, 11) is 1.49. The van der Waals surface area contributed by atoms with Crippen LogP contribution in [0.25, 0.3) is 0 Å². The Hall–Kier alpha value is -1.13. The molecule has 1 aliphatic heterocycles. The molecule has 0 saturated carbocycles. The summed E-state index contributed by atoms with van der Waals surface area (Å²) in [5.74, 6) is -0.0128. The van der Waals surface area contributed by atoms with E-state index in [0.717, 1.165) is 32.4 Å². The predicted molar refractivity (Wildman–Crippen MR) is 77.6 cm³/mol. The molecule has 1 N–H and O–H groups in total. The lowest BCUT2D eigenvalue weighted by Crippen LogP contribution is -2.46. The van der Waals surface area contributed by atoms with E-state index in [1.807, 2.05) is 19.1 Å². The predicted octanol–water partition coefficient (Wildman–Crippen LogP) is 3.44. The van der Waals surface area contributed by atoms with Crippen LogP contribution in [-0.4, -0.2) is 25.9 Å². The van der Waals surface area contributed by atoms with Crippen LogP contribution in [0.1, 0.15) is 44.7 Å². The van der Waals surface area contributed by atoms with Crippen molar-refractivity contribution in [3.8, 4) is 5.75 Å². The van der Waals surface area contributed by atoms with Gasteiger partial charge in [-0.25, -0.2) is 4.39 Å². The smallest absolute Gasteiger partial charge is 0.169 e. The van der Waals surface area contributed by atoms with Crippen molar-refractivity contribution in [3.05, 3.63) is 29.6 Å². The fraction of sp³-hybridized carbons (Fsp3) is 0.625. The highest BCUT2D eigenvalue weighted by Gasteiger charge is 2.39. The highest BCUT2D eigenvalue weighted by atomic mass is 19.1. The first-order valence-electron chi connectivity index (χ1n) is 7.32. The largest absolute Gasteiger partial charge is 0.494 e. The number of methoxy groups -OCH3 is 1. The van der Waals surface area contributed by atoms with Crippen LogP contribution in [0.15, 0.2) is 18.2 Å². The van der Waals surface area contributed by atoms with E-state index in [9.17, 15) is 4.39 Å². The van der Waals surface area contributed by atoms with Crippen molar-refractivity contribution in [2.24, 2.45) is 0 Å². The molecule has 2 rings (SSSR count). The van der Waals surface area contributed by atoms with Crippen molar-refractivity contribution < 1.29 is 13.9 Å². The fourth-order valence-corrected chi connectivity index (χ4v) is 2.95. The van der Waals surface area contributed by atoms with Gasteiger partial charge in [0.25, 0.3) is 0 Å². The van der Waals surface area contributed by atoms with Crippen molar-refractivity contribution in [2.45, 2.75) is 44.8 Å². The van der Waals surface area contributed by atoms with Gasteiger partial charge in [-0.05, 0) is 38.8 Å². The second-order valence-corrected chi connectivity index (χ2v) is 5.47. The Labute approximate surface area is 120 Å². The summed E-state index contributed by atoms with van der Waals surface area (Å²) in [4.78, 5) is 0. The topological polar surface area (TPSA) is 30.5 Å². The van der Waals surface area contributed by atoms with Crippen LogP contribution in [0.2, 0.25) is 0 Å². The summed E-state index contributed by atoms with van der Waals surface area (Å²) >= 11 is 0. The number of nitrogens with one attached hydrogen (secondary N) is 1. The van der Waals surface area contributed by atoms with E-state index >= 15 is 0 Å². The SMILES string of the molecule is CCNC(c1cccc(OC)c1F)C1(C)CCCCO1. The van der Waals surface area contributed by atoms with Gasteiger partial charge in [0, 0.05) is 12.2 Å². The van der Waals surface area contributed by atoms with Gasteiger partial charge >= 0.3 is 0 Å². The maximum Gasteiger partial charge on any atom is 0.169 e. The molecule has 0 spiro atoms. The summed E-state index contributed by atoms with van der Waals surface area (Å²) in [6.07, 6.45) is 3.13. The number of hydrogen-bond acceptors (Lipinski definition) is 3. The molecule has 4 heteroatoms. The van der Waals surface area contributed by atoms with E-state index in [0.29, 0.717) is 5.56 Å². The lowest BCUT2D eigenvalue weighted by atomic mass is 9.83. The number of halogens is 1. The van der Waals surface area contributed by atoms with E-state index in [4.69, 9.17) is 9.47 Å².